The van der Waals surface area contributed by atoms with Crippen LogP contribution in [0.25, 0.3) is 11.3 Å². The number of carbonyl (C=O) groups is 1. The van der Waals surface area contributed by atoms with E-state index in [0.717, 1.165) is 0 Å². The van der Waals surface area contributed by atoms with Gasteiger partial charge in [-0.3, -0.25) is 0 Å². The van der Waals surface area contributed by atoms with E-state index in [-0.39, 0.29) is 29.5 Å². The Morgan fingerprint density at radius 1 is 0.930 bits per heavy atom. The second-order valence-corrected chi connectivity index (χ2v) is 19.1. The number of aromatic nitrogens is 2. The summed E-state index contributed by atoms with van der Waals surface area (Å²) >= 11 is 0. The molecule has 1 heterocycles. The Morgan fingerprint density at radius 2 is 1.44 bits per heavy atom. The van der Waals surface area contributed by atoms with Crippen molar-refractivity contribution in [2.75, 3.05) is 29.0 Å². The van der Waals surface area contributed by atoms with Gasteiger partial charge in [0.25, 0.3) is 0 Å². The number of nitrogens with one attached hydrogen (secondary N) is 1. The van der Waals surface area contributed by atoms with Gasteiger partial charge in [-0.1, -0.05) is 0 Å². The third kappa shape index (κ3) is 9.83. The summed E-state index contributed by atoms with van der Waals surface area (Å²) < 4.78 is 89.0. The quantitative estimate of drug-likeness (QED) is 0.136. The molecule has 0 saturated carbocycles. The molecule has 1 N–H and O–H groups in total. The summed E-state index contributed by atoms with van der Waals surface area (Å²) in [6.07, 6.45) is -0.460. The van der Waals surface area contributed by atoms with Crippen molar-refractivity contribution in [3.05, 3.63) is 41.3 Å². The molecule has 0 saturated heterocycles. The Balaban J connectivity index is 3.05. The number of alkyl halides is 3. The van der Waals surface area contributed by atoms with Crippen LogP contribution in [-0.4, -0.2) is 54.8 Å². The zero-order valence-corrected chi connectivity index (χ0v) is 27.8. The van der Waals surface area contributed by atoms with Gasteiger partial charge >= 0.3 is 254 Å². The van der Waals surface area contributed by atoms with Crippen LogP contribution in [0.15, 0.2) is 24.3 Å². The van der Waals surface area contributed by atoms with Gasteiger partial charge < -0.3 is 0 Å². The Bertz CT molecular complexity index is 1310. The van der Waals surface area contributed by atoms with Gasteiger partial charge in [0.15, 0.2) is 0 Å². The van der Waals surface area contributed by atoms with Crippen molar-refractivity contribution in [1.82, 2.24) is 9.97 Å². The van der Waals surface area contributed by atoms with Crippen LogP contribution in [0.2, 0.25) is 0 Å². The molecule has 0 spiro atoms. The van der Waals surface area contributed by atoms with Crippen LogP contribution in [0.1, 0.15) is 97.2 Å². The molecule has 1 aromatic carbocycles. The molecule has 2 aromatic rings. The van der Waals surface area contributed by atoms with E-state index >= 15 is 0 Å². The van der Waals surface area contributed by atoms with Gasteiger partial charge in [-0.05, 0) is 0 Å². The van der Waals surface area contributed by atoms with E-state index < -0.39 is 34.8 Å². The van der Waals surface area contributed by atoms with Crippen molar-refractivity contribution in [2.24, 2.45) is 0 Å². The van der Waals surface area contributed by atoms with Crippen LogP contribution in [0.5, 0.6) is 0 Å². The number of hydrogen-bond donors (Lipinski definition) is 1. The maximum atomic E-state index is 14.0. The standard InChI is InChI=1S/C30H46F4N3O4PS/c1-7-11-18-42(19-12-8-2,20-13-9-3,41-28(38)30(32,33)34)21-25-26(22(5)6)35-29(37-43(39,40)10-4)36-27(25)23-14-16-24(31)17-15-23/h14-17,22H,7-13,18-21H2,1-6H3,(H,35,36,37). The van der Waals surface area contributed by atoms with E-state index in [2.05, 4.69) is 14.7 Å². The van der Waals surface area contributed by atoms with Crippen LogP contribution in [0, 0.1) is 5.82 Å². The van der Waals surface area contributed by atoms with E-state index in [1.165, 1.54) is 31.2 Å². The average Bonchev–Trinajstić information content (AvgIpc) is 2.94. The second kappa shape index (κ2) is 15.1. The molecule has 0 unspecified atom stereocenters. The third-order valence-corrected chi connectivity index (χ3v) is 15.1. The first kappa shape index (κ1) is 36.9. The first-order valence-corrected chi connectivity index (χ1v) is 19.6. The number of sulfonamides is 1. The Morgan fingerprint density at radius 3 is 1.86 bits per heavy atom. The second-order valence-electron chi connectivity index (χ2n) is 11.6. The summed E-state index contributed by atoms with van der Waals surface area (Å²) in [5.41, 5.74) is 1.65. The normalized spacial score (nSPS) is 13.5. The van der Waals surface area contributed by atoms with Gasteiger partial charge in [0, 0.05) is 0 Å². The van der Waals surface area contributed by atoms with Gasteiger partial charge in [0.1, 0.15) is 0 Å². The number of halogens is 4. The van der Waals surface area contributed by atoms with Gasteiger partial charge in [-0.25, -0.2) is 0 Å². The summed E-state index contributed by atoms with van der Waals surface area (Å²) in [6.45, 7) is 6.96. The SMILES string of the molecule is CCCCP(CCCC)(CCCC)(Cc1c(-c2ccc(F)cc2)nc(NS(=O)(=O)CC)nc1C(C)C)OC(=O)C(F)(F)F. The van der Waals surface area contributed by atoms with E-state index in [4.69, 9.17) is 4.52 Å². The fourth-order valence-corrected chi connectivity index (χ4v) is 12.4. The summed E-state index contributed by atoms with van der Waals surface area (Å²) in [4.78, 5) is 21.9. The fourth-order valence-electron chi connectivity index (χ4n) is 5.34. The first-order valence-electron chi connectivity index (χ1n) is 15.0. The number of hydrogen-bond acceptors (Lipinski definition) is 6. The number of benzene rings is 1. The molecule has 0 amide bonds. The molecular formula is C30H46F4N3O4PS. The van der Waals surface area contributed by atoms with E-state index in [1.807, 2.05) is 34.6 Å². The Labute approximate surface area is 253 Å². The first-order chi connectivity index (χ1) is 20.0. The van der Waals surface area contributed by atoms with Crippen LogP contribution in [-0.2, 0) is 25.5 Å². The van der Waals surface area contributed by atoms with Gasteiger partial charge in [0.2, 0.25) is 0 Å². The molecule has 1 aromatic heterocycles. The summed E-state index contributed by atoms with van der Waals surface area (Å²) in [6, 6.07) is 5.45. The van der Waals surface area contributed by atoms with Crippen molar-refractivity contribution >= 4 is 28.8 Å². The number of rotatable bonds is 17. The molecule has 43 heavy (non-hydrogen) atoms. The van der Waals surface area contributed by atoms with Crippen molar-refractivity contribution < 1.29 is 35.3 Å². The molecule has 0 fully saturated rings. The molecule has 0 radical (unpaired) electrons. The molecule has 2 rings (SSSR count). The summed E-state index contributed by atoms with van der Waals surface area (Å²) in [5.74, 6) is -3.39. The molecule has 0 bridgehead atoms. The van der Waals surface area contributed by atoms with Crippen molar-refractivity contribution in [3.63, 3.8) is 0 Å². The van der Waals surface area contributed by atoms with Crippen LogP contribution in [0.3, 0.4) is 0 Å². The van der Waals surface area contributed by atoms with Crippen molar-refractivity contribution in [2.45, 2.75) is 98.3 Å². The predicted molar refractivity (Wildman–Crippen MR) is 167 cm³/mol. The minimum absolute atomic E-state index is 0.00838. The Hall–Kier alpha value is -2.33. The van der Waals surface area contributed by atoms with Gasteiger partial charge in [0.05, 0.1) is 0 Å². The van der Waals surface area contributed by atoms with Crippen molar-refractivity contribution in [3.8, 4) is 11.3 Å². The predicted octanol–water partition coefficient (Wildman–Crippen LogP) is 8.64. The number of unbranched alkanes of at least 4 members (excludes halogenated alkanes) is 3. The van der Waals surface area contributed by atoms with Crippen LogP contribution >= 0.6 is 6.83 Å². The van der Waals surface area contributed by atoms with E-state index in [1.54, 1.807) is 0 Å². The summed E-state index contributed by atoms with van der Waals surface area (Å²) in [7, 11) is -3.77. The maximum absolute atomic E-state index is 14.0. The molecule has 0 aliphatic rings. The van der Waals surface area contributed by atoms with Gasteiger partial charge in [-0.15, -0.1) is 0 Å². The Kier molecular flexibility index (Phi) is 12.9. The topological polar surface area (TPSA) is 98.2 Å². The molecule has 244 valence electrons. The monoisotopic (exact) mass is 651 g/mol. The average molecular weight is 652 g/mol. The summed E-state index contributed by atoms with van der Waals surface area (Å²) in [5, 5.41) is 0. The molecule has 0 aliphatic carbocycles. The number of nitrogens with zero attached hydrogens (tertiary/aromatic N) is 2. The van der Waals surface area contributed by atoms with Crippen LogP contribution in [0.4, 0.5) is 23.5 Å². The van der Waals surface area contributed by atoms with Crippen molar-refractivity contribution in [1.29, 1.82) is 0 Å². The fraction of sp³-hybridized carbons (Fsp3) is 0.633. The van der Waals surface area contributed by atoms with Crippen LogP contribution < -0.4 is 4.72 Å². The van der Waals surface area contributed by atoms with Gasteiger partial charge in [-0.2, -0.15) is 0 Å². The number of anilines is 1. The van der Waals surface area contributed by atoms with E-state index in [0.29, 0.717) is 73.8 Å². The molecule has 0 aliphatic heterocycles. The third-order valence-electron chi connectivity index (χ3n) is 7.69. The molecule has 7 nitrogen and oxygen atoms in total. The molecule has 0 atom stereocenters. The van der Waals surface area contributed by atoms with E-state index in [9.17, 15) is 30.8 Å². The molecule has 13 heteroatoms. The zero-order valence-electron chi connectivity index (χ0n) is 26.1. The molecular weight excluding hydrogens is 605 g/mol. The minimum atomic E-state index is -5.17. The number of carbonyl (C=O) groups excluding carboxylic acids is 1. The zero-order chi connectivity index (χ0) is 32.5.